The number of nitrogen functional groups attached to an aromatic ring is 1. The van der Waals surface area contributed by atoms with Crippen molar-refractivity contribution in [1.82, 2.24) is 19.5 Å². The number of carbonyl (C=O) groups excluding carboxylic acids is 1. The fourth-order valence-corrected chi connectivity index (χ4v) is 3.02. The summed E-state index contributed by atoms with van der Waals surface area (Å²) >= 11 is 0. The normalized spacial score (nSPS) is 14.9. The first-order valence-electron chi connectivity index (χ1n) is 9.88. The minimum atomic E-state index is -0.547. The highest BCUT2D eigenvalue weighted by atomic mass is 16.6. The molecule has 0 spiro atoms. The van der Waals surface area contributed by atoms with E-state index in [1.165, 1.54) is 24.0 Å². The van der Waals surface area contributed by atoms with Crippen LogP contribution in [0.5, 0.6) is 11.5 Å². The van der Waals surface area contributed by atoms with Crippen LogP contribution >= 0.6 is 0 Å². The number of anilines is 2. The van der Waals surface area contributed by atoms with Crippen LogP contribution in [0.3, 0.4) is 0 Å². The van der Waals surface area contributed by atoms with Gasteiger partial charge in [0.25, 0.3) is 11.5 Å². The first-order valence-corrected chi connectivity index (χ1v) is 9.88. The molecular formula is C20H22N6O6. The van der Waals surface area contributed by atoms with Gasteiger partial charge in [0.15, 0.2) is 11.5 Å². The third kappa shape index (κ3) is 4.60. The van der Waals surface area contributed by atoms with E-state index < -0.39 is 5.91 Å². The standard InChI is InChI=1S/C20H22N6O6/c1-26-18(28)13-2-3-14-16(32-9-7-30-5-4-29-6-8-31-14)15(13)24-20(26)25-17(27)12-10-22-19(21)23-11-12/h2-3,10-11H,4-9H2,1H3,(H2,21,22,23)(H,24,25,27). The number of ether oxygens (including phenoxy) is 4. The molecule has 1 aliphatic heterocycles. The van der Waals surface area contributed by atoms with Gasteiger partial charge in [-0.2, -0.15) is 0 Å². The topological polar surface area (TPSA) is 153 Å². The van der Waals surface area contributed by atoms with Crippen LogP contribution in [0.15, 0.2) is 29.3 Å². The summed E-state index contributed by atoms with van der Waals surface area (Å²) in [6, 6.07) is 3.26. The summed E-state index contributed by atoms with van der Waals surface area (Å²) in [5.74, 6) is 0.213. The van der Waals surface area contributed by atoms with Crippen molar-refractivity contribution in [2.75, 3.05) is 50.7 Å². The molecule has 1 aliphatic rings. The van der Waals surface area contributed by atoms with Crippen LogP contribution in [-0.4, -0.2) is 65.1 Å². The summed E-state index contributed by atoms with van der Waals surface area (Å²) in [6.45, 7) is 2.11. The average Bonchev–Trinajstić information content (AvgIpc) is 2.78. The fraction of sp³-hybridized carbons (Fsp3) is 0.350. The van der Waals surface area contributed by atoms with Crippen molar-refractivity contribution in [3.05, 3.63) is 40.4 Å². The largest absolute Gasteiger partial charge is 0.487 e. The van der Waals surface area contributed by atoms with Gasteiger partial charge in [-0.15, -0.1) is 0 Å². The molecule has 0 fully saturated rings. The van der Waals surface area contributed by atoms with Crippen LogP contribution in [0, 0.1) is 0 Å². The molecule has 32 heavy (non-hydrogen) atoms. The van der Waals surface area contributed by atoms with E-state index in [0.29, 0.717) is 37.6 Å². The van der Waals surface area contributed by atoms with Gasteiger partial charge in [0, 0.05) is 19.4 Å². The van der Waals surface area contributed by atoms with E-state index in [9.17, 15) is 9.59 Å². The van der Waals surface area contributed by atoms with Gasteiger partial charge in [-0.25, -0.2) is 15.0 Å². The highest BCUT2D eigenvalue weighted by molar-refractivity contribution is 6.03. The Morgan fingerprint density at radius 3 is 2.41 bits per heavy atom. The average molecular weight is 442 g/mol. The summed E-state index contributed by atoms with van der Waals surface area (Å²) in [6.07, 6.45) is 2.56. The lowest BCUT2D eigenvalue weighted by Gasteiger charge is -2.17. The summed E-state index contributed by atoms with van der Waals surface area (Å²) in [5.41, 5.74) is 5.51. The molecule has 168 valence electrons. The number of hydrogen-bond acceptors (Lipinski definition) is 10. The van der Waals surface area contributed by atoms with Gasteiger partial charge in [0.2, 0.25) is 11.9 Å². The molecule has 3 aromatic rings. The lowest BCUT2D eigenvalue weighted by atomic mass is 10.2. The molecule has 12 nitrogen and oxygen atoms in total. The molecule has 3 heterocycles. The highest BCUT2D eigenvalue weighted by Gasteiger charge is 2.19. The zero-order valence-corrected chi connectivity index (χ0v) is 17.4. The van der Waals surface area contributed by atoms with Crippen molar-refractivity contribution in [3.63, 3.8) is 0 Å². The molecule has 4 rings (SSSR count). The molecule has 2 aromatic heterocycles. The van der Waals surface area contributed by atoms with Gasteiger partial charge in [0.1, 0.15) is 18.7 Å². The minimum Gasteiger partial charge on any atom is -0.487 e. The van der Waals surface area contributed by atoms with Crippen molar-refractivity contribution >= 4 is 28.7 Å². The summed E-state index contributed by atoms with van der Waals surface area (Å²) in [7, 11) is 1.51. The number of rotatable bonds is 2. The Morgan fingerprint density at radius 1 is 1.03 bits per heavy atom. The van der Waals surface area contributed by atoms with Gasteiger partial charge in [-0.3, -0.25) is 19.5 Å². The SMILES string of the molecule is Cn1c(NC(=O)c2cnc(N)nc2)nc2c3c(ccc2c1=O)OCCOCCOCCO3. The van der Waals surface area contributed by atoms with Crippen LogP contribution in [0.25, 0.3) is 10.9 Å². The number of nitrogens with one attached hydrogen (secondary N) is 1. The predicted molar refractivity (Wildman–Crippen MR) is 114 cm³/mol. The minimum absolute atomic E-state index is 0.0204. The zero-order chi connectivity index (χ0) is 22.5. The smallest absolute Gasteiger partial charge is 0.262 e. The Labute approximate surface area is 182 Å². The molecule has 0 radical (unpaired) electrons. The summed E-state index contributed by atoms with van der Waals surface area (Å²) < 4.78 is 23.8. The zero-order valence-electron chi connectivity index (χ0n) is 17.4. The van der Waals surface area contributed by atoms with Crippen molar-refractivity contribution in [2.45, 2.75) is 0 Å². The highest BCUT2D eigenvalue weighted by Crippen LogP contribution is 2.34. The second-order valence-electron chi connectivity index (χ2n) is 6.79. The van der Waals surface area contributed by atoms with Crippen LogP contribution < -0.4 is 26.1 Å². The quantitative estimate of drug-likeness (QED) is 0.569. The Balaban J connectivity index is 1.73. The van der Waals surface area contributed by atoms with E-state index in [1.807, 2.05) is 0 Å². The van der Waals surface area contributed by atoms with Crippen LogP contribution in [-0.2, 0) is 16.5 Å². The summed E-state index contributed by atoms with van der Waals surface area (Å²) in [4.78, 5) is 37.6. The maximum Gasteiger partial charge on any atom is 0.262 e. The predicted octanol–water partition coefficient (Wildman–Crippen LogP) is 0.362. The molecule has 12 heteroatoms. The Kier molecular flexibility index (Phi) is 6.42. The third-order valence-corrected chi connectivity index (χ3v) is 4.66. The van der Waals surface area contributed by atoms with E-state index in [2.05, 4.69) is 20.3 Å². The first-order chi connectivity index (χ1) is 15.5. The number of hydrogen-bond donors (Lipinski definition) is 2. The number of benzene rings is 1. The van der Waals surface area contributed by atoms with Crippen LogP contribution in [0.4, 0.5) is 11.9 Å². The van der Waals surface area contributed by atoms with Gasteiger partial charge in [-0.1, -0.05) is 0 Å². The maximum absolute atomic E-state index is 13.0. The third-order valence-electron chi connectivity index (χ3n) is 4.66. The van der Waals surface area contributed by atoms with Crippen molar-refractivity contribution in [2.24, 2.45) is 7.05 Å². The number of nitrogens with two attached hydrogens (primary N) is 1. The second-order valence-corrected chi connectivity index (χ2v) is 6.79. The fourth-order valence-electron chi connectivity index (χ4n) is 3.02. The molecule has 1 aromatic carbocycles. The lowest BCUT2D eigenvalue weighted by Crippen LogP contribution is -2.25. The first kappa shape index (κ1) is 21.5. The van der Waals surface area contributed by atoms with Crippen molar-refractivity contribution in [1.29, 1.82) is 0 Å². The van der Waals surface area contributed by atoms with E-state index >= 15 is 0 Å². The molecule has 1 amide bonds. The van der Waals surface area contributed by atoms with Crippen molar-refractivity contribution < 1.29 is 23.7 Å². The Morgan fingerprint density at radius 2 is 1.69 bits per heavy atom. The number of nitrogens with zero attached hydrogens (tertiary/aromatic N) is 4. The van der Waals surface area contributed by atoms with Gasteiger partial charge in [-0.05, 0) is 12.1 Å². The molecule has 0 aliphatic carbocycles. The number of carbonyl (C=O) groups is 1. The molecule has 3 N–H and O–H groups in total. The van der Waals surface area contributed by atoms with E-state index in [1.54, 1.807) is 12.1 Å². The summed E-state index contributed by atoms with van der Waals surface area (Å²) in [5, 5.41) is 2.92. The Bertz CT molecular complexity index is 1180. The van der Waals surface area contributed by atoms with Crippen LogP contribution in [0.1, 0.15) is 10.4 Å². The van der Waals surface area contributed by atoms with Crippen molar-refractivity contribution in [3.8, 4) is 11.5 Å². The van der Waals surface area contributed by atoms with E-state index in [4.69, 9.17) is 24.7 Å². The van der Waals surface area contributed by atoms with Crippen LogP contribution in [0.2, 0.25) is 0 Å². The lowest BCUT2D eigenvalue weighted by molar-refractivity contribution is 0.0226. The van der Waals surface area contributed by atoms with Gasteiger partial charge < -0.3 is 24.7 Å². The van der Waals surface area contributed by atoms with E-state index in [0.717, 1.165) is 0 Å². The second kappa shape index (κ2) is 9.58. The van der Waals surface area contributed by atoms with E-state index in [-0.39, 0.29) is 47.5 Å². The number of aromatic nitrogens is 4. The molecule has 0 saturated carbocycles. The number of fused-ring (bicyclic) bond motifs is 3. The molecule has 0 unspecified atom stereocenters. The monoisotopic (exact) mass is 442 g/mol. The number of amides is 1. The molecule has 0 saturated heterocycles. The van der Waals surface area contributed by atoms with Gasteiger partial charge in [0.05, 0.1) is 37.4 Å². The molecular weight excluding hydrogens is 420 g/mol. The Hall–Kier alpha value is -3.77. The molecule has 0 atom stereocenters. The van der Waals surface area contributed by atoms with Gasteiger partial charge >= 0.3 is 0 Å². The maximum atomic E-state index is 13.0. The molecule has 0 bridgehead atoms.